The molecule has 0 bridgehead atoms. The minimum Gasteiger partial charge on any atom is -0.282 e. The first-order valence-electron chi connectivity index (χ1n) is 8.75. The van der Waals surface area contributed by atoms with Crippen LogP contribution in [0.25, 0.3) is 16.9 Å². The number of hydrogen-bond acceptors (Lipinski definition) is 3. The number of benzene rings is 2. The standard InChI is InChI=1S/C22H19FN4/c1-14-6-7-15(2)19(13-14)25-26-22-20(17-8-10-18(23)11-9-17)24-21-16(3)5-4-12-27(21)22/h4-13H,1-3H3. The van der Waals surface area contributed by atoms with Gasteiger partial charge in [0, 0.05) is 11.8 Å². The highest BCUT2D eigenvalue weighted by molar-refractivity contribution is 5.75. The summed E-state index contributed by atoms with van der Waals surface area (Å²) >= 11 is 0. The molecule has 4 nitrogen and oxygen atoms in total. The molecule has 0 spiro atoms. The largest absolute Gasteiger partial charge is 0.282 e. The molecule has 0 saturated carbocycles. The molecule has 4 rings (SSSR count). The Labute approximate surface area is 157 Å². The molecular formula is C22H19FN4. The van der Waals surface area contributed by atoms with Crippen molar-refractivity contribution in [1.29, 1.82) is 0 Å². The summed E-state index contributed by atoms with van der Waals surface area (Å²) in [7, 11) is 0. The lowest BCUT2D eigenvalue weighted by molar-refractivity contribution is 0.628. The Hall–Kier alpha value is -3.34. The molecule has 4 aromatic rings. The number of nitrogens with zero attached hydrogens (tertiary/aromatic N) is 4. The van der Waals surface area contributed by atoms with E-state index in [1.54, 1.807) is 12.1 Å². The van der Waals surface area contributed by atoms with Gasteiger partial charge in [0.05, 0.1) is 5.69 Å². The summed E-state index contributed by atoms with van der Waals surface area (Å²) in [6, 6.07) is 16.3. The molecule has 2 aromatic carbocycles. The minimum atomic E-state index is -0.280. The van der Waals surface area contributed by atoms with Crippen LogP contribution in [0.1, 0.15) is 16.7 Å². The van der Waals surface area contributed by atoms with Gasteiger partial charge in [0.1, 0.15) is 17.2 Å². The lowest BCUT2D eigenvalue weighted by atomic mass is 10.1. The fraction of sp³-hybridized carbons (Fsp3) is 0.136. The molecular weight excluding hydrogens is 339 g/mol. The summed E-state index contributed by atoms with van der Waals surface area (Å²) in [4.78, 5) is 4.75. The maximum Gasteiger partial charge on any atom is 0.187 e. The maximum absolute atomic E-state index is 13.4. The summed E-state index contributed by atoms with van der Waals surface area (Å²) in [6.07, 6.45) is 1.92. The third kappa shape index (κ3) is 3.24. The second-order valence-electron chi connectivity index (χ2n) is 6.67. The molecule has 0 N–H and O–H groups in total. The van der Waals surface area contributed by atoms with Crippen molar-refractivity contribution < 1.29 is 4.39 Å². The van der Waals surface area contributed by atoms with Crippen LogP contribution in [0.3, 0.4) is 0 Å². The van der Waals surface area contributed by atoms with Gasteiger partial charge in [0.25, 0.3) is 0 Å². The van der Waals surface area contributed by atoms with Crippen LogP contribution >= 0.6 is 0 Å². The Bertz CT molecular complexity index is 1160. The first-order chi connectivity index (χ1) is 13.0. The number of fused-ring (bicyclic) bond motifs is 1. The van der Waals surface area contributed by atoms with E-state index in [1.165, 1.54) is 12.1 Å². The van der Waals surface area contributed by atoms with Gasteiger partial charge in [0.2, 0.25) is 0 Å². The quantitative estimate of drug-likeness (QED) is 0.386. The summed E-state index contributed by atoms with van der Waals surface area (Å²) < 4.78 is 15.3. The molecule has 0 fully saturated rings. The van der Waals surface area contributed by atoms with Gasteiger partial charge < -0.3 is 0 Å². The SMILES string of the molecule is Cc1ccc(C)c(N=Nc2c(-c3ccc(F)cc3)nc3c(C)cccn23)c1. The van der Waals surface area contributed by atoms with Gasteiger partial charge in [-0.05, 0) is 73.9 Å². The predicted octanol–water partition coefficient (Wildman–Crippen LogP) is 6.48. The summed E-state index contributed by atoms with van der Waals surface area (Å²) in [5.41, 5.74) is 6.33. The van der Waals surface area contributed by atoms with E-state index in [0.717, 1.165) is 33.6 Å². The van der Waals surface area contributed by atoms with Crippen LogP contribution in [0.2, 0.25) is 0 Å². The van der Waals surface area contributed by atoms with Crippen LogP contribution in [0, 0.1) is 26.6 Å². The van der Waals surface area contributed by atoms with Crippen LogP contribution in [0.15, 0.2) is 71.0 Å². The zero-order chi connectivity index (χ0) is 19.0. The molecule has 0 amide bonds. The van der Waals surface area contributed by atoms with Crippen molar-refractivity contribution in [3.63, 3.8) is 0 Å². The zero-order valence-corrected chi connectivity index (χ0v) is 15.4. The molecule has 0 aliphatic heterocycles. The second-order valence-corrected chi connectivity index (χ2v) is 6.67. The normalized spacial score (nSPS) is 11.6. The van der Waals surface area contributed by atoms with E-state index in [4.69, 9.17) is 4.98 Å². The van der Waals surface area contributed by atoms with Crippen molar-refractivity contribution in [3.8, 4) is 11.3 Å². The molecule has 27 heavy (non-hydrogen) atoms. The number of aromatic nitrogens is 2. The summed E-state index contributed by atoms with van der Waals surface area (Å²) in [5.74, 6) is 0.346. The number of halogens is 1. The van der Waals surface area contributed by atoms with E-state index in [1.807, 2.05) is 55.6 Å². The average Bonchev–Trinajstić information content (AvgIpc) is 3.03. The first kappa shape index (κ1) is 17.1. The molecule has 0 saturated heterocycles. The second kappa shape index (κ2) is 6.76. The maximum atomic E-state index is 13.4. The third-order valence-electron chi connectivity index (χ3n) is 4.55. The van der Waals surface area contributed by atoms with Crippen LogP contribution in [0.4, 0.5) is 15.9 Å². The number of hydrogen-bond donors (Lipinski definition) is 0. The highest BCUT2D eigenvalue weighted by Gasteiger charge is 2.15. The van der Waals surface area contributed by atoms with Crippen molar-refractivity contribution in [3.05, 3.63) is 83.3 Å². The zero-order valence-electron chi connectivity index (χ0n) is 15.4. The molecule has 2 aromatic heterocycles. The van der Waals surface area contributed by atoms with Gasteiger partial charge in [-0.25, -0.2) is 9.37 Å². The Kier molecular flexibility index (Phi) is 4.28. The fourth-order valence-corrected chi connectivity index (χ4v) is 3.02. The van der Waals surface area contributed by atoms with Crippen molar-refractivity contribution in [1.82, 2.24) is 9.38 Å². The fourth-order valence-electron chi connectivity index (χ4n) is 3.02. The highest BCUT2D eigenvalue weighted by atomic mass is 19.1. The monoisotopic (exact) mass is 358 g/mol. The van der Waals surface area contributed by atoms with E-state index < -0.39 is 0 Å². The highest BCUT2D eigenvalue weighted by Crippen LogP contribution is 2.33. The van der Waals surface area contributed by atoms with E-state index in [9.17, 15) is 4.39 Å². The lowest BCUT2D eigenvalue weighted by Gasteiger charge is -2.02. The van der Waals surface area contributed by atoms with Crippen molar-refractivity contribution >= 4 is 17.2 Å². The Balaban J connectivity index is 1.91. The predicted molar refractivity (Wildman–Crippen MR) is 105 cm³/mol. The van der Waals surface area contributed by atoms with Crippen molar-refractivity contribution in [2.75, 3.05) is 0 Å². The first-order valence-corrected chi connectivity index (χ1v) is 8.75. The number of rotatable bonds is 3. The van der Waals surface area contributed by atoms with Gasteiger partial charge in [-0.1, -0.05) is 18.2 Å². The van der Waals surface area contributed by atoms with E-state index in [-0.39, 0.29) is 5.82 Å². The number of imidazole rings is 1. The molecule has 2 heterocycles. The van der Waals surface area contributed by atoms with Gasteiger partial charge >= 0.3 is 0 Å². The lowest BCUT2D eigenvalue weighted by Crippen LogP contribution is -1.85. The molecule has 0 aliphatic carbocycles. The Morgan fingerprint density at radius 1 is 0.889 bits per heavy atom. The van der Waals surface area contributed by atoms with E-state index in [2.05, 4.69) is 16.3 Å². The van der Waals surface area contributed by atoms with E-state index in [0.29, 0.717) is 11.5 Å². The molecule has 0 aliphatic rings. The Morgan fingerprint density at radius 2 is 1.67 bits per heavy atom. The topological polar surface area (TPSA) is 42.0 Å². The van der Waals surface area contributed by atoms with Gasteiger partial charge in [-0.2, -0.15) is 0 Å². The minimum absolute atomic E-state index is 0.280. The molecule has 5 heteroatoms. The van der Waals surface area contributed by atoms with Crippen LogP contribution in [-0.4, -0.2) is 9.38 Å². The average molecular weight is 358 g/mol. The van der Waals surface area contributed by atoms with Crippen molar-refractivity contribution in [2.24, 2.45) is 10.2 Å². The van der Waals surface area contributed by atoms with Crippen molar-refractivity contribution in [2.45, 2.75) is 20.8 Å². The van der Waals surface area contributed by atoms with E-state index >= 15 is 0 Å². The van der Waals surface area contributed by atoms with Crippen LogP contribution < -0.4 is 0 Å². The van der Waals surface area contributed by atoms with Gasteiger partial charge in [-0.3, -0.25) is 4.40 Å². The number of pyridine rings is 1. The van der Waals surface area contributed by atoms with Crippen LogP contribution in [-0.2, 0) is 0 Å². The van der Waals surface area contributed by atoms with Gasteiger partial charge in [-0.15, -0.1) is 10.2 Å². The molecule has 0 atom stereocenters. The number of aryl methyl sites for hydroxylation is 3. The van der Waals surface area contributed by atoms with Crippen LogP contribution in [0.5, 0.6) is 0 Å². The molecule has 134 valence electrons. The number of azo groups is 1. The molecule has 0 unspecified atom stereocenters. The third-order valence-corrected chi connectivity index (χ3v) is 4.55. The van der Waals surface area contributed by atoms with Gasteiger partial charge in [0.15, 0.2) is 5.82 Å². The Morgan fingerprint density at radius 3 is 2.44 bits per heavy atom. The summed E-state index contributed by atoms with van der Waals surface area (Å²) in [6.45, 7) is 6.04. The summed E-state index contributed by atoms with van der Waals surface area (Å²) in [5, 5.41) is 9.02. The molecule has 0 radical (unpaired) electrons. The smallest absolute Gasteiger partial charge is 0.187 e.